The summed E-state index contributed by atoms with van der Waals surface area (Å²) < 4.78 is 64.7. The topological polar surface area (TPSA) is 97.7 Å². The Morgan fingerprint density at radius 3 is 2.55 bits per heavy atom. The van der Waals surface area contributed by atoms with Gasteiger partial charge >= 0.3 is 12.1 Å². The summed E-state index contributed by atoms with van der Waals surface area (Å²) in [6.45, 7) is 0. The first-order chi connectivity index (χ1) is 14.6. The van der Waals surface area contributed by atoms with Crippen molar-refractivity contribution in [2.24, 2.45) is 0 Å². The van der Waals surface area contributed by atoms with Gasteiger partial charge in [-0.1, -0.05) is 22.8 Å². The Hall–Kier alpha value is -3.18. The molecule has 0 aliphatic rings. The number of imidazole rings is 1. The van der Waals surface area contributed by atoms with E-state index >= 15 is 0 Å². The second kappa shape index (κ2) is 7.82. The largest absolute Gasteiger partial charge is 0.471 e. The van der Waals surface area contributed by atoms with Gasteiger partial charge in [-0.3, -0.25) is 0 Å². The van der Waals surface area contributed by atoms with Gasteiger partial charge in [0.2, 0.25) is 5.82 Å². The van der Waals surface area contributed by atoms with Crippen LogP contribution < -0.4 is 0 Å². The van der Waals surface area contributed by atoms with Gasteiger partial charge < -0.3 is 9.09 Å². The molecule has 0 bridgehead atoms. The number of hydrogen-bond donors (Lipinski definition) is 1. The number of hydrogen-bond acceptors (Lipinski definition) is 6. The van der Waals surface area contributed by atoms with E-state index in [0.717, 1.165) is 0 Å². The van der Waals surface area contributed by atoms with Crippen molar-refractivity contribution in [1.82, 2.24) is 19.7 Å². The van der Waals surface area contributed by atoms with Gasteiger partial charge in [0.15, 0.2) is 0 Å². The molecule has 1 unspecified atom stereocenters. The molecule has 31 heavy (non-hydrogen) atoms. The number of alkyl halides is 3. The third-order valence-electron chi connectivity index (χ3n) is 4.26. The summed E-state index contributed by atoms with van der Waals surface area (Å²) in [7, 11) is -3.14. The fourth-order valence-corrected chi connectivity index (χ4v) is 4.38. The van der Waals surface area contributed by atoms with Crippen molar-refractivity contribution in [1.29, 1.82) is 4.78 Å². The third-order valence-corrected chi connectivity index (χ3v) is 6.21. The van der Waals surface area contributed by atoms with Crippen LogP contribution in [-0.4, -0.2) is 23.9 Å². The lowest BCUT2D eigenvalue weighted by Gasteiger charge is -2.06. The van der Waals surface area contributed by atoms with Crippen LogP contribution in [0.4, 0.5) is 13.2 Å². The summed E-state index contributed by atoms with van der Waals surface area (Å²) in [5.41, 5.74) is 1.44. The summed E-state index contributed by atoms with van der Waals surface area (Å²) in [5.74, 6) is -1.69. The van der Waals surface area contributed by atoms with Crippen molar-refractivity contribution < 1.29 is 21.9 Å². The van der Waals surface area contributed by atoms with E-state index in [1.807, 2.05) is 0 Å². The first-order valence-corrected chi connectivity index (χ1v) is 10.8. The normalized spacial score (nSPS) is 13.8. The maximum atomic E-state index is 12.8. The van der Waals surface area contributed by atoms with Crippen molar-refractivity contribution in [3.8, 4) is 17.1 Å². The Bertz CT molecular complexity index is 1330. The van der Waals surface area contributed by atoms with Crippen molar-refractivity contribution in [2.45, 2.75) is 16.8 Å². The van der Waals surface area contributed by atoms with Gasteiger partial charge in [-0.15, -0.1) is 0 Å². The highest BCUT2D eigenvalue weighted by molar-refractivity contribution is 7.91. The molecule has 160 valence electrons. The lowest BCUT2D eigenvalue weighted by molar-refractivity contribution is -0.159. The average molecular weight is 468 g/mol. The second-order valence-corrected chi connectivity index (χ2v) is 9.06. The van der Waals surface area contributed by atoms with E-state index < -0.39 is 21.8 Å². The highest BCUT2D eigenvalue weighted by Crippen LogP contribution is 2.29. The summed E-state index contributed by atoms with van der Waals surface area (Å²) >= 11 is 5.92. The monoisotopic (exact) mass is 467 g/mol. The van der Waals surface area contributed by atoms with E-state index in [0.29, 0.717) is 26.9 Å². The van der Waals surface area contributed by atoms with Crippen LogP contribution in [0.2, 0.25) is 5.02 Å². The van der Waals surface area contributed by atoms with Crippen molar-refractivity contribution in [2.75, 3.05) is 0 Å². The van der Waals surface area contributed by atoms with E-state index in [1.54, 1.807) is 53.2 Å². The number of aromatic nitrogens is 4. The van der Waals surface area contributed by atoms with Crippen LogP contribution in [0, 0.1) is 4.78 Å². The van der Waals surface area contributed by atoms with Gasteiger partial charge in [0.1, 0.15) is 0 Å². The van der Waals surface area contributed by atoms with E-state index in [4.69, 9.17) is 16.4 Å². The maximum absolute atomic E-state index is 12.8. The van der Waals surface area contributed by atoms with Crippen molar-refractivity contribution in [3.05, 3.63) is 77.7 Å². The van der Waals surface area contributed by atoms with Gasteiger partial charge in [0, 0.05) is 27.4 Å². The molecule has 12 heteroatoms. The zero-order chi connectivity index (χ0) is 22.2. The summed E-state index contributed by atoms with van der Waals surface area (Å²) in [6, 6.07) is 12.7. The smallest absolute Gasteiger partial charge is 0.329 e. The minimum Gasteiger partial charge on any atom is -0.329 e. The molecular weight excluding hydrogens is 455 g/mol. The maximum Gasteiger partial charge on any atom is 0.471 e. The highest BCUT2D eigenvalue weighted by Gasteiger charge is 2.38. The Morgan fingerprint density at radius 1 is 1.16 bits per heavy atom. The second-order valence-electron chi connectivity index (χ2n) is 6.52. The minimum absolute atomic E-state index is 0.0957. The molecule has 0 spiro atoms. The molecule has 2 aromatic carbocycles. The number of nitrogens with one attached hydrogen (secondary N) is 1. The van der Waals surface area contributed by atoms with Gasteiger partial charge in [0.25, 0.3) is 0 Å². The molecule has 0 fully saturated rings. The SMILES string of the molecule is N=S(=O)(Cc1cn(-c2ccc(-c3noc(C(F)(F)F)n3)cc2)cn1)c1cccc(Cl)c1. The Balaban J connectivity index is 1.52. The molecule has 0 saturated carbocycles. The molecule has 4 aromatic rings. The quantitative estimate of drug-likeness (QED) is 0.435. The van der Waals surface area contributed by atoms with Gasteiger partial charge in [-0.05, 0) is 42.5 Å². The zero-order valence-electron chi connectivity index (χ0n) is 15.5. The van der Waals surface area contributed by atoms with Gasteiger partial charge in [-0.2, -0.15) is 18.2 Å². The molecule has 1 atom stereocenters. The van der Waals surface area contributed by atoms with Crippen LogP contribution >= 0.6 is 11.6 Å². The van der Waals surface area contributed by atoms with E-state index in [-0.39, 0.29) is 11.6 Å². The number of rotatable bonds is 5. The van der Waals surface area contributed by atoms with Crippen molar-refractivity contribution >= 4 is 21.3 Å². The number of halogens is 4. The molecule has 2 heterocycles. The van der Waals surface area contributed by atoms with E-state index in [9.17, 15) is 17.4 Å². The molecular formula is C19H13ClF3N5O2S. The lowest BCUT2D eigenvalue weighted by Crippen LogP contribution is -2.04. The summed E-state index contributed by atoms with van der Waals surface area (Å²) in [6.07, 6.45) is -1.59. The fourth-order valence-electron chi connectivity index (χ4n) is 2.78. The minimum atomic E-state index is -4.71. The molecule has 1 N–H and O–H groups in total. The van der Waals surface area contributed by atoms with E-state index in [2.05, 4.69) is 19.6 Å². The first kappa shape index (κ1) is 21.1. The van der Waals surface area contributed by atoms with Crippen LogP contribution in [0.5, 0.6) is 0 Å². The van der Waals surface area contributed by atoms with Crippen LogP contribution in [0.3, 0.4) is 0 Å². The van der Waals surface area contributed by atoms with Crippen LogP contribution in [0.25, 0.3) is 17.1 Å². The average Bonchev–Trinajstić information content (AvgIpc) is 3.37. The van der Waals surface area contributed by atoms with Crippen LogP contribution in [-0.2, 0) is 21.7 Å². The first-order valence-electron chi connectivity index (χ1n) is 8.68. The Morgan fingerprint density at radius 2 is 1.90 bits per heavy atom. The molecule has 0 aliphatic heterocycles. The van der Waals surface area contributed by atoms with E-state index in [1.165, 1.54) is 12.4 Å². The highest BCUT2D eigenvalue weighted by atomic mass is 35.5. The standard InChI is InChI=1S/C19H13ClF3N5O2S/c20-13-2-1-3-16(8-13)31(24,29)10-14-9-28(11-25-14)15-6-4-12(5-7-15)17-26-18(30-27-17)19(21,22)23/h1-9,11,24H,10H2. The third kappa shape index (κ3) is 4.62. The summed E-state index contributed by atoms with van der Waals surface area (Å²) in [5, 5.41) is 3.74. The van der Waals surface area contributed by atoms with Gasteiger partial charge in [-0.25, -0.2) is 14.0 Å². The lowest BCUT2D eigenvalue weighted by atomic mass is 10.2. The molecule has 2 aromatic heterocycles. The molecule has 0 saturated heterocycles. The predicted octanol–water partition coefficient (Wildman–Crippen LogP) is 5.20. The molecule has 0 aliphatic carbocycles. The van der Waals surface area contributed by atoms with Crippen LogP contribution in [0.15, 0.2) is 70.5 Å². The Labute approximate surface area is 179 Å². The number of nitrogens with zero attached hydrogens (tertiary/aromatic N) is 4. The van der Waals surface area contributed by atoms with Gasteiger partial charge in [0.05, 0.1) is 27.5 Å². The fraction of sp³-hybridized carbons (Fsp3) is 0.105. The van der Waals surface area contributed by atoms with Crippen molar-refractivity contribution in [3.63, 3.8) is 0 Å². The zero-order valence-corrected chi connectivity index (χ0v) is 17.1. The summed E-state index contributed by atoms with van der Waals surface area (Å²) in [4.78, 5) is 7.87. The molecule has 7 nitrogen and oxygen atoms in total. The predicted molar refractivity (Wildman–Crippen MR) is 106 cm³/mol. The van der Waals surface area contributed by atoms with Crippen LogP contribution in [0.1, 0.15) is 11.6 Å². The Kier molecular flexibility index (Phi) is 5.31. The molecule has 4 rings (SSSR count). The molecule has 0 radical (unpaired) electrons. The number of benzene rings is 2. The molecule has 0 amide bonds.